The van der Waals surface area contributed by atoms with Gasteiger partial charge in [-0.05, 0) is 26.0 Å². The Morgan fingerprint density at radius 1 is 1.32 bits per heavy atom. The Balaban J connectivity index is 2.69. The van der Waals surface area contributed by atoms with Gasteiger partial charge < -0.3 is 10.4 Å². The molecule has 1 amide bonds. The molecule has 1 aromatic rings. The van der Waals surface area contributed by atoms with Gasteiger partial charge in [0.1, 0.15) is 0 Å². The third kappa shape index (κ3) is 3.77. The van der Waals surface area contributed by atoms with Gasteiger partial charge in [-0.1, -0.05) is 0 Å². The average molecular weight is 266 g/mol. The lowest BCUT2D eigenvalue weighted by Gasteiger charge is -2.19. The van der Waals surface area contributed by atoms with E-state index in [9.17, 15) is 19.7 Å². The topological polar surface area (TPSA) is 110 Å². The predicted octanol–water partition coefficient (Wildman–Crippen LogP) is 1.44. The molecule has 0 aliphatic rings. The molecule has 7 nitrogen and oxygen atoms in total. The van der Waals surface area contributed by atoms with Gasteiger partial charge in [0.05, 0.1) is 10.3 Å². The number of hydrogen-bond acceptors (Lipinski definition) is 4. The Bertz CT molecular complexity index is 507. The highest BCUT2D eigenvalue weighted by Crippen LogP contribution is 2.15. The van der Waals surface area contributed by atoms with Crippen molar-refractivity contribution in [1.29, 1.82) is 0 Å². The Morgan fingerprint density at radius 2 is 1.84 bits per heavy atom. The van der Waals surface area contributed by atoms with Crippen LogP contribution in [0.1, 0.15) is 24.2 Å². The van der Waals surface area contributed by atoms with Gasteiger partial charge >= 0.3 is 5.97 Å². The van der Waals surface area contributed by atoms with Crippen molar-refractivity contribution >= 4 is 17.6 Å². The zero-order valence-electron chi connectivity index (χ0n) is 10.5. The number of amides is 1. The third-order valence-electron chi connectivity index (χ3n) is 2.61. The largest absolute Gasteiger partial charge is 0.481 e. The van der Waals surface area contributed by atoms with Gasteiger partial charge in [-0.25, -0.2) is 0 Å². The highest BCUT2D eigenvalue weighted by Gasteiger charge is 2.27. The number of carbonyl (C=O) groups excluding carboxylic acids is 1. The van der Waals surface area contributed by atoms with Crippen LogP contribution >= 0.6 is 0 Å². The molecule has 19 heavy (non-hydrogen) atoms. The van der Waals surface area contributed by atoms with E-state index in [0.29, 0.717) is 0 Å². The van der Waals surface area contributed by atoms with E-state index in [2.05, 4.69) is 5.32 Å². The third-order valence-corrected chi connectivity index (χ3v) is 2.61. The average Bonchev–Trinajstić information content (AvgIpc) is 2.36. The second-order valence-electron chi connectivity index (χ2n) is 4.68. The van der Waals surface area contributed by atoms with Crippen molar-refractivity contribution in [2.45, 2.75) is 13.8 Å². The molecule has 0 saturated heterocycles. The zero-order chi connectivity index (χ0) is 14.6. The maximum absolute atomic E-state index is 11.7. The quantitative estimate of drug-likeness (QED) is 0.619. The summed E-state index contributed by atoms with van der Waals surface area (Å²) < 4.78 is 0. The van der Waals surface area contributed by atoms with Gasteiger partial charge in [0.15, 0.2) is 0 Å². The molecule has 1 aromatic carbocycles. The minimum atomic E-state index is -1.07. The number of hydrogen-bond donors (Lipinski definition) is 2. The van der Waals surface area contributed by atoms with E-state index in [0.717, 1.165) is 0 Å². The number of rotatable bonds is 5. The Kier molecular flexibility index (Phi) is 4.21. The number of carboxylic acids is 1. The molecule has 0 radical (unpaired) electrons. The summed E-state index contributed by atoms with van der Waals surface area (Å²) in [6, 6.07) is 5.08. The van der Waals surface area contributed by atoms with E-state index < -0.39 is 22.2 Å². The number of benzene rings is 1. The first-order valence-electron chi connectivity index (χ1n) is 5.50. The summed E-state index contributed by atoms with van der Waals surface area (Å²) in [6.07, 6.45) is 0. The molecule has 7 heteroatoms. The summed E-state index contributed by atoms with van der Waals surface area (Å²) >= 11 is 0. The van der Waals surface area contributed by atoms with Gasteiger partial charge in [-0.15, -0.1) is 0 Å². The number of nitro groups is 1. The van der Waals surface area contributed by atoms with Gasteiger partial charge in [-0.2, -0.15) is 0 Å². The highest BCUT2D eigenvalue weighted by atomic mass is 16.6. The van der Waals surface area contributed by atoms with Crippen LogP contribution in [0.25, 0.3) is 0 Å². The number of aliphatic carboxylic acids is 1. The van der Waals surface area contributed by atoms with E-state index in [1.54, 1.807) is 0 Å². The fourth-order valence-corrected chi connectivity index (χ4v) is 1.21. The van der Waals surface area contributed by atoms with E-state index in [1.807, 2.05) is 0 Å². The molecule has 0 saturated carbocycles. The van der Waals surface area contributed by atoms with E-state index in [1.165, 1.54) is 38.1 Å². The maximum Gasteiger partial charge on any atom is 0.310 e. The number of nitrogens with one attached hydrogen (secondary N) is 1. The number of non-ortho nitro benzene ring substituents is 1. The van der Waals surface area contributed by atoms with Crippen LogP contribution < -0.4 is 5.32 Å². The molecular formula is C12H14N2O5. The van der Waals surface area contributed by atoms with E-state index in [-0.39, 0.29) is 17.8 Å². The maximum atomic E-state index is 11.7. The van der Waals surface area contributed by atoms with Crippen LogP contribution in [0, 0.1) is 15.5 Å². The molecular weight excluding hydrogens is 252 g/mol. The summed E-state index contributed by atoms with van der Waals surface area (Å²) in [7, 11) is 0. The predicted molar refractivity (Wildman–Crippen MR) is 66.8 cm³/mol. The number of carboxylic acid groups (broad SMARTS) is 1. The monoisotopic (exact) mass is 266 g/mol. The van der Waals surface area contributed by atoms with Crippen molar-refractivity contribution in [1.82, 2.24) is 5.32 Å². The first-order chi connectivity index (χ1) is 8.74. The highest BCUT2D eigenvalue weighted by molar-refractivity contribution is 5.94. The van der Waals surface area contributed by atoms with Gasteiger partial charge in [0, 0.05) is 24.2 Å². The lowest BCUT2D eigenvalue weighted by Crippen LogP contribution is -2.38. The molecule has 0 aromatic heterocycles. The molecule has 1 rings (SSSR count). The first kappa shape index (κ1) is 14.6. The van der Waals surface area contributed by atoms with Crippen LogP contribution in [0.4, 0.5) is 5.69 Å². The number of carbonyl (C=O) groups is 2. The lowest BCUT2D eigenvalue weighted by atomic mass is 9.94. The molecule has 2 N–H and O–H groups in total. The van der Waals surface area contributed by atoms with Crippen molar-refractivity contribution in [2.75, 3.05) is 6.54 Å². The smallest absolute Gasteiger partial charge is 0.310 e. The second-order valence-corrected chi connectivity index (χ2v) is 4.68. The standard InChI is InChI=1S/C12H14N2O5/c1-12(2,11(16)17)7-13-10(15)8-3-5-9(6-4-8)14(18)19/h3-6H,7H2,1-2H3,(H,13,15)(H,16,17). The molecule has 0 aliphatic carbocycles. The van der Waals surface area contributed by atoms with Crippen molar-refractivity contribution < 1.29 is 19.6 Å². The molecule has 0 aliphatic heterocycles. The Hall–Kier alpha value is -2.44. The fraction of sp³-hybridized carbons (Fsp3) is 0.333. The Morgan fingerprint density at radius 3 is 2.26 bits per heavy atom. The molecule has 0 bridgehead atoms. The minimum absolute atomic E-state index is 0.0296. The summed E-state index contributed by atoms with van der Waals surface area (Å²) in [5, 5.41) is 21.8. The van der Waals surface area contributed by atoms with E-state index >= 15 is 0 Å². The zero-order valence-corrected chi connectivity index (χ0v) is 10.5. The molecule has 0 heterocycles. The first-order valence-corrected chi connectivity index (χ1v) is 5.50. The van der Waals surface area contributed by atoms with Crippen molar-refractivity contribution in [3.05, 3.63) is 39.9 Å². The van der Waals surface area contributed by atoms with Gasteiger partial charge in [0.25, 0.3) is 11.6 Å². The molecule has 0 spiro atoms. The summed E-state index contributed by atoms with van der Waals surface area (Å²) in [5.41, 5.74) is -0.939. The van der Waals surface area contributed by atoms with Crippen molar-refractivity contribution in [2.24, 2.45) is 5.41 Å². The summed E-state index contributed by atoms with van der Waals surface area (Å²) in [6.45, 7) is 2.95. The molecule has 0 fully saturated rings. The summed E-state index contributed by atoms with van der Waals surface area (Å²) in [5.74, 6) is -1.49. The fourth-order valence-electron chi connectivity index (χ4n) is 1.21. The van der Waals surface area contributed by atoms with Crippen molar-refractivity contribution in [3.8, 4) is 0 Å². The Labute approximate surface area is 109 Å². The molecule has 0 unspecified atom stereocenters. The SMILES string of the molecule is CC(C)(CNC(=O)c1ccc([N+](=O)[O-])cc1)C(=O)O. The van der Waals surface area contributed by atoms with E-state index in [4.69, 9.17) is 5.11 Å². The van der Waals surface area contributed by atoms with Crippen LogP contribution in [0.15, 0.2) is 24.3 Å². The van der Waals surface area contributed by atoms with Gasteiger partial charge in [-0.3, -0.25) is 19.7 Å². The van der Waals surface area contributed by atoms with Gasteiger partial charge in [0.2, 0.25) is 0 Å². The summed E-state index contributed by atoms with van der Waals surface area (Å²) in [4.78, 5) is 32.5. The molecule has 0 atom stereocenters. The van der Waals surface area contributed by atoms with Crippen molar-refractivity contribution in [3.63, 3.8) is 0 Å². The van der Waals surface area contributed by atoms with Crippen LogP contribution in [0.2, 0.25) is 0 Å². The lowest BCUT2D eigenvalue weighted by molar-refractivity contribution is -0.384. The van der Waals surface area contributed by atoms with Crippen LogP contribution in [-0.4, -0.2) is 28.5 Å². The minimum Gasteiger partial charge on any atom is -0.481 e. The van der Waals surface area contributed by atoms with Crippen LogP contribution in [0.3, 0.4) is 0 Å². The second kappa shape index (κ2) is 5.47. The normalized spacial score (nSPS) is 10.8. The van der Waals surface area contributed by atoms with Crippen LogP contribution in [0.5, 0.6) is 0 Å². The number of nitro benzene ring substituents is 1. The molecule has 102 valence electrons. The van der Waals surface area contributed by atoms with Crippen LogP contribution in [-0.2, 0) is 4.79 Å². The number of nitrogens with zero attached hydrogens (tertiary/aromatic N) is 1.